The third-order valence-corrected chi connectivity index (χ3v) is 4.66. The standard InChI is InChI=1S/C19H23N3O2/c1-15-7-8-16(2)19(13-15)21-11-9-20(10-12-21)14-17-5-3-4-6-18(17)22(23)24/h3-8,13H,9-12,14H2,1-2H3. The summed E-state index contributed by atoms with van der Waals surface area (Å²) in [6, 6.07) is 13.6. The highest BCUT2D eigenvalue weighted by Crippen LogP contribution is 2.24. The Morgan fingerprint density at radius 3 is 2.46 bits per heavy atom. The molecule has 126 valence electrons. The molecule has 0 N–H and O–H groups in total. The van der Waals surface area contributed by atoms with Crippen molar-refractivity contribution in [1.82, 2.24) is 4.90 Å². The van der Waals surface area contributed by atoms with E-state index >= 15 is 0 Å². The van der Waals surface area contributed by atoms with Gasteiger partial charge in [-0.15, -0.1) is 0 Å². The molecular weight excluding hydrogens is 302 g/mol. The highest BCUT2D eigenvalue weighted by molar-refractivity contribution is 5.55. The smallest absolute Gasteiger partial charge is 0.273 e. The number of piperazine rings is 1. The van der Waals surface area contributed by atoms with Gasteiger partial charge in [0.25, 0.3) is 5.69 Å². The lowest BCUT2D eigenvalue weighted by molar-refractivity contribution is -0.385. The Morgan fingerprint density at radius 2 is 1.75 bits per heavy atom. The fraction of sp³-hybridized carbons (Fsp3) is 0.368. The van der Waals surface area contributed by atoms with Gasteiger partial charge in [0, 0.05) is 50.0 Å². The van der Waals surface area contributed by atoms with Crippen molar-refractivity contribution in [3.8, 4) is 0 Å². The van der Waals surface area contributed by atoms with Crippen molar-refractivity contribution in [2.24, 2.45) is 0 Å². The molecule has 0 spiro atoms. The normalized spacial score (nSPS) is 15.5. The number of rotatable bonds is 4. The molecule has 0 aromatic heterocycles. The van der Waals surface area contributed by atoms with Crippen LogP contribution in [0.3, 0.4) is 0 Å². The van der Waals surface area contributed by atoms with Gasteiger partial charge in [-0.25, -0.2) is 0 Å². The summed E-state index contributed by atoms with van der Waals surface area (Å²) in [5.74, 6) is 0. The predicted octanol–water partition coefficient (Wildman–Crippen LogP) is 3.53. The summed E-state index contributed by atoms with van der Waals surface area (Å²) in [4.78, 5) is 15.6. The molecular formula is C19H23N3O2. The number of benzene rings is 2. The third-order valence-electron chi connectivity index (χ3n) is 4.66. The molecule has 0 saturated carbocycles. The van der Waals surface area contributed by atoms with Crippen molar-refractivity contribution in [1.29, 1.82) is 0 Å². The van der Waals surface area contributed by atoms with Crippen LogP contribution in [0.4, 0.5) is 11.4 Å². The van der Waals surface area contributed by atoms with Crippen LogP contribution in [0.5, 0.6) is 0 Å². The quantitative estimate of drug-likeness (QED) is 0.637. The van der Waals surface area contributed by atoms with E-state index in [0.29, 0.717) is 6.54 Å². The second-order valence-corrected chi connectivity index (χ2v) is 6.44. The van der Waals surface area contributed by atoms with Crippen molar-refractivity contribution in [3.05, 3.63) is 69.3 Å². The topological polar surface area (TPSA) is 49.6 Å². The maximum absolute atomic E-state index is 11.1. The summed E-state index contributed by atoms with van der Waals surface area (Å²) in [6.45, 7) is 8.63. The molecule has 1 aliphatic rings. The minimum atomic E-state index is -0.290. The molecule has 2 aromatic carbocycles. The second-order valence-electron chi connectivity index (χ2n) is 6.44. The summed E-state index contributed by atoms with van der Waals surface area (Å²) >= 11 is 0. The monoisotopic (exact) mass is 325 g/mol. The van der Waals surface area contributed by atoms with Crippen molar-refractivity contribution in [2.45, 2.75) is 20.4 Å². The molecule has 3 rings (SSSR count). The number of nitro groups is 1. The van der Waals surface area contributed by atoms with Crippen LogP contribution in [0.25, 0.3) is 0 Å². The highest BCUT2D eigenvalue weighted by Gasteiger charge is 2.21. The maximum atomic E-state index is 11.1. The molecule has 0 unspecified atom stereocenters. The van der Waals surface area contributed by atoms with Gasteiger partial charge >= 0.3 is 0 Å². The zero-order valence-corrected chi connectivity index (χ0v) is 14.2. The number of nitro benzene ring substituents is 1. The average Bonchev–Trinajstić information content (AvgIpc) is 2.58. The molecule has 0 amide bonds. The molecule has 5 heteroatoms. The minimum absolute atomic E-state index is 0.217. The van der Waals surface area contributed by atoms with Crippen molar-refractivity contribution >= 4 is 11.4 Å². The second kappa shape index (κ2) is 7.01. The summed E-state index contributed by atoms with van der Waals surface area (Å²) in [5.41, 5.74) is 4.89. The Balaban J connectivity index is 1.66. The van der Waals surface area contributed by atoms with E-state index in [2.05, 4.69) is 41.8 Å². The Bertz CT molecular complexity index is 737. The van der Waals surface area contributed by atoms with Gasteiger partial charge in [0.2, 0.25) is 0 Å². The SMILES string of the molecule is Cc1ccc(C)c(N2CCN(Cc3ccccc3[N+](=O)[O-])CC2)c1. The number of aryl methyl sites for hydroxylation is 2. The predicted molar refractivity (Wildman–Crippen MR) is 96.5 cm³/mol. The van der Waals surface area contributed by atoms with E-state index < -0.39 is 0 Å². The van der Waals surface area contributed by atoms with Crippen LogP contribution < -0.4 is 4.90 Å². The van der Waals surface area contributed by atoms with Crippen molar-refractivity contribution < 1.29 is 4.92 Å². The van der Waals surface area contributed by atoms with E-state index in [0.717, 1.165) is 31.7 Å². The highest BCUT2D eigenvalue weighted by atomic mass is 16.6. The summed E-state index contributed by atoms with van der Waals surface area (Å²) in [6.07, 6.45) is 0. The van der Waals surface area contributed by atoms with Gasteiger partial charge < -0.3 is 4.90 Å². The number of para-hydroxylation sites is 1. The van der Waals surface area contributed by atoms with Gasteiger partial charge in [0.1, 0.15) is 0 Å². The van der Waals surface area contributed by atoms with Crippen LogP contribution >= 0.6 is 0 Å². The van der Waals surface area contributed by atoms with Gasteiger partial charge in [-0.05, 0) is 31.0 Å². The number of anilines is 1. The lowest BCUT2D eigenvalue weighted by Crippen LogP contribution is -2.46. The first kappa shape index (κ1) is 16.5. The zero-order valence-electron chi connectivity index (χ0n) is 14.2. The fourth-order valence-corrected chi connectivity index (χ4v) is 3.27. The van der Waals surface area contributed by atoms with Gasteiger partial charge in [-0.1, -0.05) is 30.3 Å². The number of hydrogen-bond acceptors (Lipinski definition) is 4. The van der Waals surface area contributed by atoms with Crippen LogP contribution in [0.1, 0.15) is 16.7 Å². The molecule has 1 heterocycles. The van der Waals surface area contributed by atoms with Crippen molar-refractivity contribution in [2.75, 3.05) is 31.1 Å². The molecule has 2 aromatic rings. The molecule has 24 heavy (non-hydrogen) atoms. The Labute approximate surface area is 142 Å². The van der Waals surface area contributed by atoms with Crippen LogP contribution in [0.2, 0.25) is 0 Å². The molecule has 1 aliphatic heterocycles. The van der Waals surface area contributed by atoms with Gasteiger partial charge in [-0.2, -0.15) is 0 Å². The molecule has 5 nitrogen and oxygen atoms in total. The van der Waals surface area contributed by atoms with E-state index in [9.17, 15) is 10.1 Å². The van der Waals surface area contributed by atoms with Crippen LogP contribution in [0.15, 0.2) is 42.5 Å². The molecule has 0 aliphatic carbocycles. The number of nitrogens with zero attached hydrogens (tertiary/aromatic N) is 3. The van der Waals surface area contributed by atoms with E-state index in [4.69, 9.17) is 0 Å². The van der Waals surface area contributed by atoms with E-state index in [1.807, 2.05) is 12.1 Å². The molecule has 1 fully saturated rings. The first-order valence-electron chi connectivity index (χ1n) is 8.31. The van der Waals surface area contributed by atoms with Crippen molar-refractivity contribution in [3.63, 3.8) is 0 Å². The molecule has 1 saturated heterocycles. The first-order valence-corrected chi connectivity index (χ1v) is 8.31. The third kappa shape index (κ3) is 3.57. The molecule has 0 atom stereocenters. The van der Waals surface area contributed by atoms with E-state index in [1.54, 1.807) is 12.1 Å². The van der Waals surface area contributed by atoms with Gasteiger partial charge in [0.05, 0.1) is 4.92 Å². The van der Waals surface area contributed by atoms with Gasteiger partial charge in [-0.3, -0.25) is 15.0 Å². The lowest BCUT2D eigenvalue weighted by Gasteiger charge is -2.37. The van der Waals surface area contributed by atoms with Crippen LogP contribution in [-0.4, -0.2) is 36.0 Å². The van der Waals surface area contributed by atoms with Crippen LogP contribution in [0, 0.1) is 24.0 Å². The Hall–Kier alpha value is -2.40. The Kier molecular flexibility index (Phi) is 4.81. The lowest BCUT2D eigenvalue weighted by atomic mass is 10.1. The minimum Gasteiger partial charge on any atom is -0.369 e. The molecule has 0 bridgehead atoms. The average molecular weight is 325 g/mol. The first-order chi connectivity index (χ1) is 11.5. The van der Waals surface area contributed by atoms with E-state index in [1.165, 1.54) is 16.8 Å². The maximum Gasteiger partial charge on any atom is 0.273 e. The van der Waals surface area contributed by atoms with Gasteiger partial charge in [0.15, 0.2) is 0 Å². The summed E-state index contributed by atoms with van der Waals surface area (Å²) in [5, 5.41) is 11.1. The van der Waals surface area contributed by atoms with Crippen LogP contribution in [-0.2, 0) is 6.54 Å². The summed E-state index contributed by atoms with van der Waals surface area (Å²) < 4.78 is 0. The number of hydrogen-bond donors (Lipinski definition) is 0. The fourth-order valence-electron chi connectivity index (χ4n) is 3.27. The Morgan fingerprint density at radius 1 is 1.04 bits per heavy atom. The molecule has 0 radical (unpaired) electrons. The summed E-state index contributed by atoms with van der Waals surface area (Å²) in [7, 11) is 0. The largest absolute Gasteiger partial charge is 0.369 e. The van der Waals surface area contributed by atoms with E-state index in [-0.39, 0.29) is 10.6 Å². The zero-order chi connectivity index (χ0) is 17.1.